The van der Waals surface area contributed by atoms with Crippen LogP contribution in [-0.4, -0.2) is 24.4 Å². The number of rotatable bonds is 4. The summed E-state index contributed by atoms with van der Waals surface area (Å²) >= 11 is 6.23. The Kier molecular flexibility index (Phi) is 6.85. The van der Waals surface area contributed by atoms with Crippen LogP contribution in [0.4, 0.5) is 0 Å². The van der Waals surface area contributed by atoms with E-state index in [4.69, 9.17) is 11.6 Å². The average molecular weight is 347 g/mol. The summed E-state index contributed by atoms with van der Waals surface area (Å²) in [6.07, 6.45) is 0. The third kappa shape index (κ3) is 4.18. The topological polar surface area (TPSA) is 17.1 Å². The number of carbonyl (C=O) groups excluding carboxylic acids is 1. The van der Waals surface area contributed by atoms with Crippen molar-refractivity contribution in [3.05, 3.63) is 88.9 Å². The number of carbonyl (C=O) groups is 1. The van der Waals surface area contributed by atoms with Gasteiger partial charge in [0.05, 0.1) is 5.02 Å². The molecule has 116 valence electrons. The molecule has 0 spiro atoms. The van der Waals surface area contributed by atoms with Crippen LogP contribution in [0, 0.1) is 6.92 Å². The second-order valence-corrected chi connectivity index (χ2v) is 6.95. The van der Waals surface area contributed by atoms with Crippen molar-refractivity contribution in [2.24, 2.45) is 0 Å². The molecule has 1 atom stereocenters. The van der Waals surface area contributed by atoms with Crippen molar-refractivity contribution in [3.63, 3.8) is 0 Å². The number of hydrogen-bond acceptors (Lipinski definition) is 1. The van der Waals surface area contributed by atoms with E-state index in [1.165, 1.54) is 0 Å². The van der Waals surface area contributed by atoms with Crippen LogP contribution in [0.2, 0.25) is 5.02 Å². The summed E-state index contributed by atoms with van der Waals surface area (Å²) in [7, 11) is 0.0495. The summed E-state index contributed by atoms with van der Waals surface area (Å²) < 4.78 is 0. The van der Waals surface area contributed by atoms with E-state index in [1.54, 1.807) is 6.07 Å². The van der Waals surface area contributed by atoms with Crippen molar-refractivity contribution >= 4 is 49.9 Å². The molecule has 0 aromatic heterocycles. The predicted molar refractivity (Wildman–Crippen MR) is 107 cm³/mol. The van der Waals surface area contributed by atoms with Gasteiger partial charge in [0.25, 0.3) is 0 Å². The molecule has 3 aromatic carbocycles. The molecule has 0 saturated carbocycles. The van der Waals surface area contributed by atoms with Gasteiger partial charge in [0.15, 0.2) is 5.52 Å². The first kappa shape index (κ1) is 19.0. The molecule has 0 aliphatic rings. The van der Waals surface area contributed by atoms with Crippen LogP contribution in [0.3, 0.4) is 0 Å². The molecular formula is C20H17ClLiOP. The van der Waals surface area contributed by atoms with Crippen LogP contribution in [-0.2, 0) is 0 Å². The van der Waals surface area contributed by atoms with Gasteiger partial charge in [0, 0.05) is 5.56 Å². The zero-order valence-electron chi connectivity index (χ0n) is 12.7. The fourth-order valence-corrected chi connectivity index (χ4v) is 4.20. The molecular weight excluding hydrogens is 330 g/mol. The zero-order chi connectivity index (χ0) is 16.2. The van der Waals surface area contributed by atoms with Gasteiger partial charge in [-0.1, -0.05) is 78.3 Å². The van der Waals surface area contributed by atoms with Crippen LogP contribution >= 0.6 is 20.2 Å². The fraction of sp³-hybridized carbons (Fsp3) is 0.0500. The number of halogens is 1. The van der Waals surface area contributed by atoms with Gasteiger partial charge in [0.2, 0.25) is 0 Å². The molecule has 24 heavy (non-hydrogen) atoms. The first-order chi connectivity index (χ1) is 11.2. The van der Waals surface area contributed by atoms with Gasteiger partial charge in [-0.3, -0.25) is 4.79 Å². The minimum absolute atomic E-state index is 0. The Morgan fingerprint density at radius 1 is 0.875 bits per heavy atom. The standard InChI is InChI=1S/C20H16ClOP.Li.H/c1-14-8-7-12-17(21)19(14)20(22)23-18-13-6-5-11-16(18)15-9-3-2-4-10-15;;/h2-13,23H,1H3;;. The van der Waals surface area contributed by atoms with E-state index in [-0.39, 0.29) is 33.0 Å². The second kappa shape index (κ2) is 8.66. The summed E-state index contributed by atoms with van der Waals surface area (Å²) in [6, 6.07) is 23.8. The molecule has 0 fully saturated rings. The summed E-state index contributed by atoms with van der Waals surface area (Å²) in [5.41, 5.74) is 3.86. The van der Waals surface area contributed by atoms with Gasteiger partial charge in [-0.25, -0.2) is 0 Å². The van der Waals surface area contributed by atoms with E-state index >= 15 is 0 Å². The van der Waals surface area contributed by atoms with Gasteiger partial charge in [-0.2, -0.15) is 0 Å². The van der Waals surface area contributed by atoms with E-state index in [9.17, 15) is 4.79 Å². The van der Waals surface area contributed by atoms with E-state index < -0.39 is 0 Å². The Labute approximate surface area is 161 Å². The molecule has 3 rings (SSSR count). The quantitative estimate of drug-likeness (QED) is 0.489. The normalized spacial score (nSPS) is 10.6. The van der Waals surface area contributed by atoms with Gasteiger partial charge in [0.1, 0.15) is 0 Å². The first-order valence-corrected chi connectivity index (χ1v) is 8.75. The van der Waals surface area contributed by atoms with E-state index in [0.717, 1.165) is 22.0 Å². The summed E-state index contributed by atoms with van der Waals surface area (Å²) in [6.45, 7) is 1.92. The molecule has 0 N–H and O–H groups in total. The minimum atomic E-state index is 0. The van der Waals surface area contributed by atoms with Crippen molar-refractivity contribution in [2.45, 2.75) is 6.92 Å². The van der Waals surface area contributed by atoms with Crippen LogP contribution in [0.5, 0.6) is 0 Å². The summed E-state index contributed by atoms with van der Waals surface area (Å²) in [5.74, 6) is 0. The Balaban J connectivity index is 0.00000208. The Bertz CT molecular complexity index is 829. The van der Waals surface area contributed by atoms with E-state index in [1.807, 2.05) is 55.5 Å². The van der Waals surface area contributed by atoms with Crippen LogP contribution in [0.15, 0.2) is 72.8 Å². The molecule has 0 amide bonds. The third-order valence-corrected chi connectivity index (χ3v) is 5.21. The molecule has 1 nitrogen and oxygen atoms in total. The average Bonchev–Trinajstić information content (AvgIpc) is 2.56. The van der Waals surface area contributed by atoms with Crippen LogP contribution in [0.25, 0.3) is 11.1 Å². The Hall–Kier alpha value is -1.35. The Morgan fingerprint density at radius 3 is 2.25 bits per heavy atom. The Morgan fingerprint density at radius 2 is 1.54 bits per heavy atom. The van der Waals surface area contributed by atoms with Crippen molar-refractivity contribution in [1.29, 1.82) is 0 Å². The summed E-state index contributed by atoms with van der Waals surface area (Å²) in [5, 5.41) is 1.57. The van der Waals surface area contributed by atoms with Crippen LogP contribution < -0.4 is 5.30 Å². The molecule has 0 aliphatic heterocycles. The molecule has 3 aromatic rings. The molecule has 0 heterocycles. The maximum atomic E-state index is 12.8. The molecule has 4 heteroatoms. The number of benzene rings is 3. The van der Waals surface area contributed by atoms with E-state index in [2.05, 4.69) is 18.2 Å². The molecule has 0 aliphatic carbocycles. The number of hydrogen-bond donors (Lipinski definition) is 0. The molecule has 0 bridgehead atoms. The zero-order valence-corrected chi connectivity index (χ0v) is 14.5. The van der Waals surface area contributed by atoms with Crippen molar-refractivity contribution in [2.75, 3.05) is 0 Å². The fourth-order valence-electron chi connectivity index (χ4n) is 2.57. The van der Waals surface area contributed by atoms with Crippen LogP contribution in [0.1, 0.15) is 15.9 Å². The first-order valence-electron chi connectivity index (χ1n) is 7.38. The predicted octanol–water partition coefficient (Wildman–Crippen LogP) is 4.81. The molecule has 1 unspecified atom stereocenters. The second-order valence-electron chi connectivity index (χ2n) is 5.30. The SMILES string of the molecule is Cc1cccc(Cl)c1C(=O)Pc1ccccc1-c1ccccc1.[LiH]. The van der Waals surface area contributed by atoms with Crippen molar-refractivity contribution in [1.82, 2.24) is 0 Å². The van der Waals surface area contributed by atoms with Gasteiger partial charge in [-0.15, -0.1) is 0 Å². The third-order valence-electron chi connectivity index (χ3n) is 3.71. The van der Waals surface area contributed by atoms with Gasteiger partial charge < -0.3 is 0 Å². The van der Waals surface area contributed by atoms with Gasteiger partial charge in [-0.05, 0) is 43.6 Å². The van der Waals surface area contributed by atoms with Crippen molar-refractivity contribution in [3.8, 4) is 11.1 Å². The van der Waals surface area contributed by atoms with Crippen molar-refractivity contribution < 1.29 is 4.79 Å². The van der Waals surface area contributed by atoms with Gasteiger partial charge >= 0.3 is 18.9 Å². The number of aryl methyl sites for hydroxylation is 1. The maximum absolute atomic E-state index is 12.8. The van der Waals surface area contributed by atoms with E-state index in [0.29, 0.717) is 10.6 Å². The monoisotopic (exact) mass is 346 g/mol. The molecule has 0 radical (unpaired) electrons. The molecule has 0 saturated heterocycles. The summed E-state index contributed by atoms with van der Waals surface area (Å²) in [4.78, 5) is 12.8.